The number of nitro benzene ring substituents is 1. The number of benzene rings is 1. The summed E-state index contributed by atoms with van der Waals surface area (Å²) in [6, 6.07) is 1.84. The Balaban J connectivity index is 1.95. The number of carbonyl (C=O) groups is 1. The zero-order chi connectivity index (χ0) is 18.6. The second-order valence-corrected chi connectivity index (χ2v) is 6.98. The van der Waals surface area contributed by atoms with Gasteiger partial charge in [0.1, 0.15) is 6.04 Å². The lowest BCUT2D eigenvalue weighted by Crippen LogP contribution is -2.55. The molecule has 1 saturated heterocycles. The molecule has 1 heterocycles. The van der Waals surface area contributed by atoms with Crippen molar-refractivity contribution < 1.29 is 22.9 Å². The third-order valence-corrected chi connectivity index (χ3v) is 5.31. The first kappa shape index (κ1) is 17.5. The van der Waals surface area contributed by atoms with Gasteiger partial charge in [-0.3, -0.25) is 10.1 Å². The van der Waals surface area contributed by atoms with Gasteiger partial charge in [0.2, 0.25) is 0 Å². The Kier molecular flexibility index (Phi) is 3.92. The third kappa shape index (κ3) is 2.81. The predicted molar refractivity (Wildman–Crippen MR) is 83.2 cm³/mol. The van der Waals surface area contributed by atoms with Crippen LogP contribution in [0.25, 0.3) is 0 Å². The van der Waals surface area contributed by atoms with Gasteiger partial charge in [0.15, 0.2) is 0 Å². The number of carbonyl (C=O) groups excluding carboxylic acids is 1. The summed E-state index contributed by atoms with van der Waals surface area (Å²) < 4.78 is 39.0. The van der Waals surface area contributed by atoms with Crippen LogP contribution in [0.2, 0.25) is 0 Å². The molecule has 136 valence electrons. The maximum absolute atomic E-state index is 13.0. The molecule has 2 amide bonds. The quantitative estimate of drug-likeness (QED) is 0.667. The minimum absolute atomic E-state index is 0.0580. The van der Waals surface area contributed by atoms with Crippen LogP contribution in [0.4, 0.5) is 23.7 Å². The van der Waals surface area contributed by atoms with Crippen LogP contribution >= 0.6 is 0 Å². The normalized spacial score (nSPS) is 26.1. The topological polar surface area (TPSA) is 75.5 Å². The molecule has 1 fully saturated rings. The van der Waals surface area contributed by atoms with Crippen molar-refractivity contribution in [3.8, 4) is 0 Å². The van der Waals surface area contributed by atoms with E-state index in [9.17, 15) is 28.1 Å². The van der Waals surface area contributed by atoms with Crippen LogP contribution in [0.3, 0.4) is 0 Å². The van der Waals surface area contributed by atoms with E-state index in [1.807, 2.05) is 19.2 Å². The number of nitro groups is 1. The van der Waals surface area contributed by atoms with Crippen molar-refractivity contribution in [2.24, 2.45) is 5.92 Å². The molecule has 0 bridgehead atoms. The highest BCUT2D eigenvalue weighted by molar-refractivity contribution is 5.78. The smallest absolute Gasteiger partial charge is 0.324 e. The number of non-ortho nitro benzene ring substituents is 1. The van der Waals surface area contributed by atoms with Gasteiger partial charge in [-0.05, 0) is 29.9 Å². The second kappa shape index (κ2) is 5.60. The molecule has 1 N–H and O–H groups in total. The number of urea groups is 1. The van der Waals surface area contributed by atoms with Crippen LogP contribution in [-0.2, 0) is 12.8 Å². The molecule has 1 aliphatic heterocycles. The van der Waals surface area contributed by atoms with E-state index in [2.05, 4.69) is 0 Å². The van der Waals surface area contributed by atoms with Gasteiger partial charge in [0, 0.05) is 12.1 Å². The number of amides is 2. The van der Waals surface area contributed by atoms with Gasteiger partial charge in [-0.15, -0.1) is 0 Å². The van der Waals surface area contributed by atoms with Crippen molar-refractivity contribution in [2.45, 2.75) is 44.4 Å². The lowest BCUT2D eigenvalue weighted by Gasteiger charge is -2.41. The number of hydrogen-bond donors (Lipinski definition) is 1. The van der Waals surface area contributed by atoms with E-state index in [0.29, 0.717) is 18.4 Å². The highest BCUT2D eigenvalue weighted by atomic mass is 19.4. The molecule has 0 spiro atoms. The maximum Gasteiger partial charge on any atom is 0.410 e. The minimum Gasteiger partial charge on any atom is -0.324 e. The van der Waals surface area contributed by atoms with Gasteiger partial charge in [-0.25, -0.2) is 4.79 Å². The average molecular weight is 357 g/mol. The lowest BCUT2D eigenvalue weighted by molar-refractivity contribution is -0.384. The summed E-state index contributed by atoms with van der Waals surface area (Å²) in [5, 5.41) is 13.0. The predicted octanol–water partition coefficient (Wildman–Crippen LogP) is 3.04. The molecule has 2 aliphatic rings. The van der Waals surface area contributed by atoms with E-state index < -0.39 is 35.3 Å². The van der Waals surface area contributed by atoms with Crippen LogP contribution in [-0.4, -0.2) is 40.2 Å². The highest BCUT2D eigenvalue weighted by Crippen LogP contribution is 2.43. The number of hydrogen-bond acceptors (Lipinski definition) is 3. The summed E-state index contributed by atoms with van der Waals surface area (Å²) in [6.45, 7) is 3.26. The van der Waals surface area contributed by atoms with Gasteiger partial charge in [0.25, 0.3) is 5.69 Å². The van der Waals surface area contributed by atoms with Crippen LogP contribution in [0.5, 0.6) is 0 Å². The van der Waals surface area contributed by atoms with Crippen molar-refractivity contribution in [1.29, 1.82) is 0 Å². The molecule has 1 aliphatic carbocycles. The molecule has 2 atom stereocenters. The molecule has 6 nitrogen and oxygen atoms in total. The fourth-order valence-electron chi connectivity index (χ4n) is 3.80. The minimum atomic E-state index is -4.51. The first-order chi connectivity index (χ1) is 11.5. The monoisotopic (exact) mass is 357 g/mol. The van der Waals surface area contributed by atoms with Crippen LogP contribution in [0, 0.1) is 16.0 Å². The zero-order valence-electron chi connectivity index (χ0n) is 13.8. The fraction of sp³-hybridized carbons (Fsp3) is 0.562. The van der Waals surface area contributed by atoms with Crippen molar-refractivity contribution in [3.63, 3.8) is 0 Å². The van der Waals surface area contributed by atoms with E-state index in [-0.39, 0.29) is 11.6 Å². The third-order valence-electron chi connectivity index (χ3n) is 5.31. The number of alkyl halides is 3. The molecule has 0 saturated carbocycles. The van der Waals surface area contributed by atoms with Crippen molar-refractivity contribution >= 4 is 11.7 Å². The highest BCUT2D eigenvalue weighted by Gasteiger charge is 2.55. The summed E-state index contributed by atoms with van der Waals surface area (Å²) >= 11 is 0. The summed E-state index contributed by atoms with van der Waals surface area (Å²) in [4.78, 5) is 24.0. The SMILES string of the molecule is CC(C)C1(N2CC(C(F)(F)F)NC2=O)Cc2ccc([N+](=O)[O-])cc2C1. The van der Waals surface area contributed by atoms with E-state index in [0.717, 1.165) is 5.56 Å². The Hall–Kier alpha value is -2.32. The Morgan fingerprint density at radius 3 is 2.48 bits per heavy atom. The molecule has 2 unspecified atom stereocenters. The molecular formula is C16H18F3N3O3. The molecule has 9 heteroatoms. The summed E-state index contributed by atoms with van der Waals surface area (Å²) in [6.07, 6.45) is -3.82. The van der Waals surface area contributed by atoms with Gasteiger partial charge in [-0.2, -0.15) is 13.2 Å². The van der Waals surface area contributed by atoms with Crippen molar-refractivity contribution in [2.75, 3.05) is 6.54 Å². The van der Waals surface area contributed by atoms with Crippen molar-refractivity contribution in [1.82, 2.24) is 10.2 Å². The summed E-state index contributed by atoms with van der Waals surface area (Å²) in [5.41, 5.74) is 0.674. The number of rotatable bonds is 3. The lowest BCUT2D eigenvalue weighted by atomic mass is 9.81. The second-order valence-electron chi connectivity index (χ2n) is 6.98. The molecule has 3 rings (SSSR count). The number of nitrogens with one attached hydrogen (secondary N) is 1. The number of halogens is 3. The number of nitrogens with zero attached hydrogens (tertiary/aromatic N) is 2. The maximum atomic E-state index is 13.0. The molecule has 1 aromatic rings. The van der Waals surface area contributed by atoms with E-state index in [4.69, 9.17) is 0 Å². The van der Waals surface area contributed by atoms with Gasteiger partial charge >= 0.3 is 12.2 Å². The first-order valence-electron chi connectivity index (χ1n) is 7.95. The zero-order valence-corrected chi connectivity index (χ0v) is 13.8. The molecule has 25 heavy (non-hydrogen) atoms. The van der Waals surface area contributed by atoms with E-state index in [1.165, 1.54) is 17.0 Å². The van der Waals surface area contributed by atoms with Gasteiger partial charge in [-0.1, -0.05) is 19.9 Å². The largest absolute Gasteiger partial charge is 0.410 e. The van der Waals surface area contributed by atoms with Crippen LogP contribution in [0.1, 0.15) is 25.0 Å². The van der Waals surface area contributed by atoms with Crippen molar-refractivity contribution in [3.05, 3.63) is 39.4 Å². The van der Waals surface area contributed by atoms with E-state index in [1.54, 1.807) is 6.07 Å². The molecule has 0 aromatic heterocycles. The average Bonchev–Trinajstić information content (AvgIpc) is 3.07. The number of fused-ring (bicyclic) bond motifs is 1. The van der Waals surface area contributed by atoms with Gasteiger partial charge in [0.05, 0.1) is 17.0 Å². The van der Waals surface area contributed by atoms with Gasteiger partial charge < -0.3 is 10.2 Å². The Morgan fingerprint density at radius 1 is 1.32 bits per heavy atom. The Labute approximate surface area is 142 Å². The van der Waals surface area contributed by atoms with Crippen LogP contribution < -0.4 is 5.32 Å². The fourth-order valence-corrected chi connectivity index (χ4v) is 3.80. The first-order valence-corrected chi connectivity index (χ1v) is 7.95. The molecule has 0 radical (unpaired) electrons. The van der Waals surface area contributed by atoms with E-state index >= 15 is 0 Å². The Morgan fingerprint density at radius 2 is 1.96 bits per heavy atom. The molecular weight excluding hydrogens is 339 g/mol. The standard InChI is InChI=1S/C16H18F3N3O3/c1-9(2)15(21-8-13(16(17,18)19)20-14(21)23)6-10-3-4-12(22(24)25)5-11(10)7-15/h3-5,9,13H,6-8H2,1-2H3,(H,20,23). The summed E-state index contributed by atoms with van der Waals surface area (Å²) in [7, 11) is 0. The van der Waals surface area contributed by atoms with Crippen LogP contribution in [0.15, 0.2) is 18.2 Å². The molecule has 1 aromatic carbocycles. The summed E-state index contributed by atoms with van der Waals surface area (Å²) in [5.74, 6) is -0.114. The Bertz CT molecular complexity index is 735.